The fourth-order valence-electron chi connectivity index (χ4n) is 4.49. The highest BCUT2D eigenvalue weighted by Crippen LogP contribution is 2.38. The number of aromatic amines is 1. The Morgan fingerprint density at radius 1 is 1.31 bits per heavy atom. The molecule has 0 bridgehead atoms. The molecular weight excluding hydrogens is 328 g/mol. The third kappa shape index (κ3) is 3.24. The fourth-order valence-corrected chi connectivity index (χ4v) is 4.49. The first-order chi connectivity index (χ1) is 12.7. The van der Waals surface area contributed by atoms with Crippen molar-refractivity contribution in [3.8, 4) is 17.0 Å². The number of H-pyrrole nitrogens is 1. The molecule has 3 heterocycles. The zero-order chi connectivity index (χ0) is 18.0. The van der Waals surface area contributed by atoms with Gasteiger partial charge in [-0.05, 0) is 56.6 Å². The van der Waals surface area contributed by atoms with Crippen LogP contribution >= 0.6 is 0 Å². The quantitative estimate of drug-likeness (QED) is 0.764. The summed E-state index contributed by atoms with van der Waals surface area (Å²) in [5.74, 6) is 0.856. The van der Waals surface area contributed by atoms with Gasteiger partial charge < -0.3 is 15.2 Å². The number of ether oxygens (including phenoxy) is 1. The Balaban J connectivity index is 1.48. The number of fused-ring (bicyclic) bond motifs is 1. The highest BCUT2D eigenvalue weighted by molar-refractivity contribution is 5.63. The minimum absolute atomic E-state index is 0.0734. The lowest BCUT2D eigenvalue weighted by Gasteiger charge is -2.50. The van der Waals surface area contributed by atoms with Gasteiger partial charge in [-0.3, -0.25) is 10.00 Å². The number of piperidine rings is 2. The lowest BCUT2D eigenvalue weighted by Crippen LogP contribution is -2.61. The van der Waals surface area contributed by atoms with E-state index in [0.717, 1.165) is 56.0 Å². The van der Waals surface area contributed by atoms with Gasteiger partial charge in [0.05, 0.1) is 25.6 Å². The molecule has 2 aliphatic rings. The number of aromatic nitrogens is 2. The number of nitrogens with one attached hydrogen (secondary N) is 2. The zero-order valence-electron chi connectivity index (χ0n) is 15.4. The molecule has 6 heteroatoms. The topological polar surface area (TPSA) is 73.4 Å². The molecule has 2 aliphatic heterocycles. The van der Waals surface area contributed by atoms with Crippen LogP contribution in [0.3, 0.4) is 0 Å². The number of aliphatic hydroxyl groups is 1. The number of rotatable bonds is 5. The van der Waals surface area contributed by atoms with Crippen LogP contribution in [0.4, 0.5) is 0 Å². The number of hydrogen-bond donors (Lipinski definition) is 3. The van der Waals surface area contributed by atoms with E-state index in [1.807, 2.05) is 18.3 Å². The number of hydrogen-bond acceptors (Lipinski definition) is 5. The molecule has 4 rings (SSSR count). The standard InChI is InChI=1S/C20H28N4O2/c1-26-17-5-3-15(4-6-17)19-16(11-22-23-19)12-24-10-8-20(14-25)7-2-9-21-18(20)13-24/h3-6,11,18,21,25H,2,7-10,12-14H2,1H3,(H,22,23)/t18-,20-/m1/s1. The summed E-state index contributed by atoms with van der Waals surface area (Å²) in [6.07, 6.45) is 5.29. The molecule has 0 spiro atoms. The van der Waals surface area contributed by atoms with Gasteiger partial charge in [0.2, 0.25) is 0 Å². The van der Waals surface area contributed by atoms with Crippen LogP contribution in [0.5, 0.6) is 5.75 Å². The van der Waals surface area contributed by atoms with Gasteiger partial charge in [-0.2, -0.15) is 5.10 Å². The second kappa shape index (κ2) is 7.39. The first-order valence-corrected chi connectivity index (χ1v) is 9.47. The molecule has 0 saturated carbocycles. The van der Waals surface area contributed by atoms with Crippen molar-refractivity contribution in [2.75, 3.05) is 33.4 Å². The van der Waals surface area contributed by atoms with E-state index in [-0.39, 0.29) is 5.41 Å². The van der Waals surface area contributed by atoms with E-state index in [1.165, 1.54) is 12.0 Å². The van der Waals surface area contributed by atoms with Gasteiger partial charge in [-0.1, -0.05) is 0 Å². The second-order valence-electron chi connectivity index (χ2n) is 7.61. The molecule has 0 amide bonds. The number of benzene rings is 1. The SMILES string of the molecule is COc1ccc(-c2[nH]ncc2CN2CC[C@@]3(CO)CCCN[C@@H]3C2)cc1. The van der Waals surface area contributed by atoms with E-state index in [4.69, 9.17) is 4.74 Å². The Morgan fingerprint density at radius 3 is 2.92 bits per heavy atom. The summed E-state index contributed by atoms with van der Waals surface area (Å²) >= 11 is 0. The van der Waals surface area contributed by atoms with Crippen molar-refractivity contribution in [3.05, 3.63) is 36.0 Å². The molecule has 2 atom stereocenters. The molecule has 1 aromatic heterocycles. The average molecular weight is 356 g/mol. The van der Waals surface area contributed by atoms with Crippen LogP contribution in [-0.2, 0) is 6.54 Å². The van der Waals surface area contributed by atoms with Crippen molar-refractivity contribution >= 4 is 0 Å². The van der Waals surface area contributed by atoms with Crippen molar-refractivity contribution in [3.63, 3.8) is 0 Å². The van der Waals surface area contributed by atoms with Crippen LogP contribution in [0, 0.1) is 5.41 Å². The number of likely N-dealkylation sites (tertiary alicyclic amines) is 1. The van der Waals surface area contributed by atoms with Crippen molar-refractivity contribution in [1.82, 2.24) is 20.4 Å². The summed E-state index contributed by atoms with van der Waals surface area (Å²) < 4.78 is 5.25. The largest absolute Gasteiger partial charge is 0.497 e. The predicted molar refractivity (Wildman–Crippen MR) is 101 cm³/mol. The van der Waals surface area contributed by atoms with Gasteiger partial charge in [0.25, 0.3) is 0 Å². The summed E-state index contributed by atoms with van der Waals surface area (Å²) in [5.41, 5.74) is 3.48. The Kier molecular flexibility index (Phi) is 4.98. The van der Waals surface area contributed by atoms with Gasteiger partial charge in [0.15, 0.2) is 0 Å². The van der Waals surface area contributed by atoms with Gasteiger partial charge in [-0.25, -0.2) is 0 Å². The van der Waals surface area contributed by atoms with Gasteiger partial charge in [-0.15, -0.1) is 0 Å². The van der Waals surface area contributed by atoms with Gasteiger partial charge >= 0.3 is 0 Å². The summed E-state index contributed by atoms with van der Waals surface area (Å²) in [4.78, 5) is 2.48. The summed E-state index contributed by atoms with van der Waals surface area (Å²) in [6, 6.07) is 8.45. The van der Waals surface area contributed by atoms with E-state index in [1.54, 1.807) is 7.11 Å². The van der Waals surface area contributed by atoms with Crippen molar-refractivity contribution in [2.24, 2.45) is 5.41 Å². The van der Waals surface area contributed by atoms with Crippen molar-refractivity contribution < 1.29 is 9.84 Å². The fraction of sp³-hybridized carbons (Fsp3) is 0.550. The normalized spacial score (nSPS) is 26.5. The third-order valence-electron chi connectivity index (χ3n) is 6.15. The summed E-state index contributed by atoms with van der Waals surface area (Å²) in [5, 5.41) is 21.0. The molecule has 0 unspecified atom stereocenters. The van der Waals surface area contributed by atoms with E-state index in [9.17, 15) is 5.11 Å². The van der Waals surface area contributed by atoms with Crippen LogP contribution in [0.25, 0.3) is 11.3 Å². The molecule has 1 aromatic carbocycles. The lowest BCUT2D eigenvalue weighted by molar-refractivity contribution is -0.0150. The predicted octanol–water partition coefficient (Wildman–Crippen LogP) is 2.02. The maximum Gasteiger partial charge on any atom is 0.118 e. The molecule has 3 N–H and O–H groups in total. The Hall–Kier alpha value is -1.89. The monoisotopic (exact) mass is 356 g/mol. The molecule has 0 radical (unpaired) electrons. The molecular formula is C20H28N4O2. The van der Waals surface area contributed by atoms with E-state index in [0.29, 0.717) is 12.6 Å². The molecule has 26 heavy (non-hydrogen) atoms. The minimum atomic E-state index is 0.0734. The molecule has 2 fully saturated rings. The van der Waals surface area contributed by atoms with Crippen LogP contribution < -0.4 is 10.1 Å². The van der Waals surface area contributed by atoms with Crippen molar-refractivity contribution in [1.29, 1.82) is 0 Å². The Morgan fingerprint density at radius 2 is 2.15 bits per heavy atom. The van der Waals surface area contributed by atoms with Gasteiger partial charge in [0.1, 0.15) is 5.75 Å². The molecule has 6 nitrogen and oxygen atoms in total. The smallest absolute Gasteiger partial charge is 0.118 e. The molecule has 0 aliphatic carbocycles. The summed E-state index contributed by atoms with van der Waals surface area (Å²) in [6.45, 7) is 4.22. The number of methoxy groups -OCH3 is 1. The lowest BCUT2D eigenvalue weighted by atomic mass is 9.70. The van der Waals surface area contributed by atoms with Gasteiger partial charge in [0, 0.05) is 35.7 Å². The van der Waals surface area contributed by atoms with E-state index < -0.39 is 0 Å². The second-order valence-corrected chi connectivity index (χ2v) is 7.61. The maximum absolute atomic E-state index is 9.97. The summed E-state index contributed by atoms with van der Waals surface area (Å²) in [7, 11) is 1.68. The Bertz CT molecular complexity index is 730. The molecule has 2 saturated heterocycles. The Labute approximate surface area is 154 Å². The third-order valence-corrected chi connectivity index (χ3v) is 6.15. The molecule has 2 aromatic rings. The van der Waals surface area contributed by atoms with Crippen molar-refractivity contribution in [2.45, 2.75) is 31.8 Å². The van der Waals surface area contributed by atoms with Crippen LogP contribution in [0.2, 0.25) is 0 Å². The van der Waals surface area contributed by atoms with Crippen LogP contribution in [-0.4, -0.2) is 59.6 Å². The number of aliphatic hydroxyl groups excluding tert-OH is 1. The van der Waals surface area contributed by atoms with E-state index >= 15 is 0 Å². The highest BCUT2D eigenvalue weighted by atomic mass is 16.5. The first kappa shape index (κ1) is 17.5. The first-order valence-electron chi connectivity index (χ1n) is 9.47. The average Bonchev–Trinajstić information content (AvgIpc) is 3.16. The number of nitrogens with zero attached hydrogens (tertiary/aromatic N) is 2. The minimum Gasteiger partial charge on any atom is -0.497 e. The molecule has 140 valence electrons. The highest BCUT2D eigenvalue weighted by Gasteiger charge is 2.43. The van der Waals surface area contributed by atoms with Crippen LogP contribution in [0.1, 0.15) is 24.8 Å². The van der Waals surface area contributed by atoms with E-state index in [2.05, 4.69) is 32.5 Å². The zero-order valence-corrected chi connectivity index (χ0v) is 15.4. The van der Waals surface area contributed by atoms with Crippen LogP contribution in [0.15, 0.2) is 30.5 Å². The maximum atomic E-state index is 9.97.